The number of methoxy groups -OCH3 is 1. The van der Waals surface area contributed by atoms with E-state index in [-0.39, 0.29) is 5.76 Å². The highest BCUT2D eigenvalue weighted by Gasteiger charge is 2.18. The molecule has 0 radical (unpaired) electrons. The molecule has 0 saturated carbocycles. The molecule has 0 spiro atoms. The third-order valence-corrected chi connectivity index (χ3v) is 4.60. The van der Waals surface area contributed by atoms with Gasteiger partial charge in [0.05, 0.1) is 25.3 Å². The van der Waals surface area contributed by atoms with Crippen molar-refractivity contribution in [3.63, 3.8) is 0 Å². The number of ether oxygens (including phenoxy) is 1. The van der Waals surface area contributed by atoms with E-state index in [1.165, 1.54) is 12.7 Å². The minimum absolute atomic E-state index is 0.250. The molecule has 6 heteroatoms. The van der Waals surface area contributed by atoms with E-state index in [9.17, 15) is 4.79 Å². The molecule has 0 bridgehead atoms. The lowest BCUT2D eigenvalue weighted by atomic mass is 10.1. The number of carbonyl (C=O) groups excluding carboxylic acids is 1. The van der Waals surface area contributed by atoms with E-state index in [1.807, 2.05) is 30.3 Å². The molecule has 2 heterocycles. The summed E-state index contributed by atoms with van der Waals surface area (Å²) in [5.41, 5.74) is 1.92. The average molecular weight is 353 g/mol. The van der Waals surface area contributed by atoms with E-state index in [2.05, 4.69) is 20.6 Å². The Labute approximate surface area is 153 Å². The molecule has 3 rings (SSSR count). The summed E-state index contributed by atoms with van der Waals surface area (Å²) in [6, 6.07) is 13.4. The zero-order valence-corrected chi connectivity index (χ0v) is 15.0. The van der Waals surface area contributed by atoms with Crippen molar-refractivity contribution in [2.75, 3.05) is 33.3 Å². The molecule has 0 atom stereocenters. The fourth-order valence-corrected chi connectivity index (χ4v) is 3.18. The van der Waals surface area contributed by atoms with Crippen LogP contribution in [0.2, 0.25) is 0 Å². The summed E-state index contributed by atoms with van der Waals surface area (Å²) in [5, 5.41) is 8.88. The van der Waals surface area contributed by atoms with Gasteiger partial charge in [-0.1, -0.05) is 12.1 Å². The van der Waals surface area contributed by atoms with Gasteiger partial charge < -0.3 is 9.15 Å². The normalized spacial score (nSPS) is 16.0. The standard InChI is InChI=1S/C20H23N3O3/c1-25-20(24)19-8-7-18(26-19)15-23-10-2-9-22(11-12-23)14-17-5-3-16(13-21)4-6-17/h3-8H,2,9-12,14-15H2,1H3. The summed E-state index contributed by atoms with van der Waals surface area (Å²) in [6.07, 6.45) is 1.08. The molecule has 136 valence electrons. The van der Waals surface area contributed by atoms with Crippen LogP contribution in [-0.4, -0.2) is 49.1 Å². The molecule has 0 unspecified atom stereocenters. The smallest absolute Gasteiger partial charge is 0.373 e. The number of esters is 1. The quantitative estimate of drug-likeness (QED) is 0.770. The first-order chi connectivity index (χ1) is 12.7. The van der Waals surface area contributed by atoms with Crippen molar-refractivity contribution in [1.82, 2.24) is 9.80 Å². The first-order valence-corrected chi connectivity index (χ1v) is 8.78. The second kappa shape index (κ2) is 8.65. The van der Waals surface area contributed by atoms with Gasteiger partial charge in [0.15, 0.2) is 0 Å². The number of furan rings is 1. The maximum atomic E-state index is 11.5. The number of rotatable bonds is 5. The molecule has 1 saturated heterocycles. The van der Waals surface area contributed by atoms with Crippen molar-refractivity contribution >= 4 is 5.97 Å². The third-order valence-electron chi connectivity index (χ3n) is 4.60. The van der Waals surface area contributed by atoms with Gasteiger partial charge in [0.1, 0.15) is 5.76 Å². The Bertz CT molecular complexity index is 776. The minimum atomic E-state index is -0.444. The van der Waals surface area contributed by atoms with Crippen LogP contribution in [0.15, 0.2) is 40.8 Å². The van der Waals surface area contributed by atoms with E-state index in [0.29, 0.717) is 12.1 Å². The van der Waals surface area contributed by atoms with Crippen LogP contribution in [0.25, 0.3) is 0 Å². The maximum absolute atomic E-state index is 11.5. The van der Waals surface area contributed by atoms with Crippen LogP contribution in [-0.2, 0) is 17.8 Å². The minimum Gasteiger partial charge on any atom is -0.463 e. The Kier molecular flexibility index (Phi) is 6.05. The second-order valence-electron chi connectivity index (χ2n) is 6.47. The highest BCUT2D eigenvalue weighted by molar-refractivity contribution is 5.86. The van der Waals surface area contributed by atoms with Gasteiger partial charge in [-0.3, -0.25) is 9.80 Å². The Morgan fingerprint density at radius 3 is 2.42 bits per heavy atom. The Balaban J connectivity index is 1.52. The number of benzene rings is 1. The molecule has 1 aromatic carbocycles. The van der Waals surface area contributed by atoms with Crippen LogP contribution in [0.5, 0.6) is 0 Å². The van der Waals surface area contributed by atoms with E-state index in [1.54, 1.807) is 6.07 Å². The zero-order valence-electron chi connectivity index (χ0n) is 15.0. The Hall–Kier alpha value is -2.62. The van der Waals surface area contributed by atoms with Crippen molar-refractivity contribution in [2.24, 2.45) is 0 Å². The second-order valence-corrected chi connectivity index (χ2v) is 6.47. The van der Waals surface area contributed by atoms with Gasteiger partial charge in [0.25, 0.3) is 0 Å². The van der Waals surface area contributed by atoms with Crippen molar-refractivity contribution in [3.05, 3.63) is 59.0 Å². The summed E-state index contributed by atoms with van der Waals surface area (Å²) in [6.45, 7) is 5.56. The zero-order chi connectivity index (χ0) is 18.4. The van der Waals surface area contributed by atoms with Gasteiger partial charge in [-0.15, -0.1) is 0 Å². The fourth-order valence-electron chi connectivity index (χ4n) is 3.18. The highest BCUT2D eigenvalue weighted by atomic mass is 16.5. The summed E-state index contributed by atoms with van der Waals surface area (Å²) in [7, 11) is 1.35. The highest BCUT2D eigenvalue weighted by Crippen LogP contribution is 2.15. The molecular weight excluding hydrogens is 330 g/mol. The predicted molar refractivity (Wildman–Crippen MR) is 96.4 cm³/mol. The first-order valence-electron chi connectivity index (χ1n) is 8.78. The van der Waals surface area contributed by atoms with Crippen LogP contribution in [0.1, 0.15) is 33.9 Å². The number of hydrogen-bond acceptors (Lipinski definition) is 6. The summed E-state index contributed by atoms with van der Waals surface area (Å²) in [5.74, 6) is 0.589. The van der Waals surface area contributed by atoms with E-state index >= 15 is 0 Å². The van der Waals surface area contributed by atoms with E-state index in [4.69, 9.17) is 9.68 Å². The largest absolute Gasteiger partial charge is 0.463 e. The molecule has 2 aromatic rings. The van der Waals surface area contributed by atoms with Gasteiger partial charge in [-0.05, 0) is 49.3 Å². The molecule has 1 aliphatic heterocycles. The molecule has 1 aliphatic rings. The van der Waals surface area contributed by atoms with E-state index < -0.39 is 5.97 Å². The SMILES string of the molecule is COC(=O)c1ccc(CN2CCCN(Cc3ccc(C#N)cc3)CC2)o1. The Morgan fingerprint density at radius 2 is 1.77 bits per heavy atom. The van der Waals surface area contributed by atoms with Crippen LogP contribution in [0, 0.1) is 11.3 Å². The number of nitrogens with zero attached hydrogens (tertiary/aromatic N) is 3. The van der Waals surface area contributed by atoms with Crippen molar-refractivity contribution < 1.29 is 13.9 Å². The van der Waals surface area contributed by atoms with Crippen LogP contribution >= 0.6 is 0 Å². The van der Waals surface area contributed by atoms with Gasteiger partial charge >= 0.3 is 5.97 Å². The molecule has 26 heavy (non-hydrogen) atoms. The lowest BCUT2D eigenvalue weighted by molar-refractivity contribution is 0.0561. The summed E-state index contributed by atoms with van der Waals surface area (Å²) in [4.78, 5) is 16.3. The monoisotopic (exact) mass is 353 g/mol. The molecule has 0 N–H and O–H groups in total. The predicted octanol–water partition coefficient (Wildman–Crippen LogP) is 2.65. The van der Waals surface area contributed by atoms with Crippen molar-refractivity contribution in [3.8, 4) is 6.07 Å². The molecular formula is C20H23N3O3. The van der Waals surface area contributed by atoms with Gasteiger partial charge in [0, 0.05) is 19.6 Å². The van der Waals surface area contributed by atoms with Crippen LogP contribution in [0.4, 0.5) is 0 Å². The number of carbonyl (C=O) groups is 1. The lowest BCUT2D eigenvalue weighted by Crippen LogP contribution is -2.30. The Morgan fingerprint density at radius 1 is 1.08 bits per heavy atom. The van der Waals surface area contributed by atoms with Gasteiger partial charge in [0.2, 0.25) is 5.76 Å². The molecule has 1 aromatic heterocycles. The van der Waals surface area contributed by atoms with Gasteiger partial charge in [-0.25, -0.2) is 4.79 Å². The first kappa shape index (κ1) is 18.2. The fraction of sp³-hybridized carbons (Fsp3) is 0.400. The van der Waals surface area contributed by atoms with Gasteiger partial charge in [-0.2, -0.15) is 5.26 Å². The third kappa shape index (κ3) is 4.72. The molecule has 6 nitrogen and oxygen atoms in total. The molecule has 1 fully saturated rings. The van der Waals surface area contributed by atoms with Crippen molar-refractivity contribution in [2.45, 2.75) is 19.5 Å². The molecule has 0 aliphatic carbocycles. The maximum Gasteiger partial charge on any atom is 0.373 e. The van der Waals surface area contributed by atoms with Crippen LogP contribution < -0.4 is 0 Å². The molecule has 0 amide bonds. The van der Waals surface area contributed by atoms with E-state index in [0.717, 1.165) is 44.9 Å². The number of nitriles is 1. The summed E-state index contributed by atoms with van der Waals surface area (Å²) < 4.78 is 10.2. The summed E-state index contributed by atoms with van der Waals surface area (Å²) >= 11 is 0. The van der Waals surface area contributed by atoms with Crippen molar-refractivity contribution in [1.29, 1.82) is 5.26 Å². The topological polar surface area (TPSA) is 69.7 Å². The van der Waals surface area contributed by atoms with Crippen LogP contribution in [0.3, 0.4) is 0 Å². The average Bonchev–Trinajstić information content (AvgIpc) is 3.03. The lowest BCUT2D eigenvalue weighted by Gasteiger charge is -2.21. The number of hydrogen-bond donors (Lipinski definition) is 0.